The van der Waals surface area contributed by atoms with Gasteiger partial charge in [-0.3, -0.25) is 4.79 Å². The van der Waals surface area contributed by atoms with Gasteiger partial charge in [-0.25, -0.2) is 18.2 Å². The van der Waals surface area contributed by atoms with Crippen LogP contribution in [0.25, 0.3) is 0 Å². The molecule has 0 aliphatic rings. The third-order valence-electron chi connectivity index (χ3n) is 3.05. The van der Waals surface area contributed by atoms with E-state index in [2.05, 4.69) is 34.8 Å². The first-order valence-corrected chi connectivity index (χ1v) is 7.80. The molecule has 0 aliphatic heterocycles. The minimum Gasteiger partial charge on any atom is -0.357 e. The Bertz CT molecular complexity index is 597. The molecule has 0 aliphatic carbocycles. The first-order valence-electron chi connectivity index (χ1n) is 7.80. The van der Waals surface area contributed by atoms with E-state index in [1.165, 1.54) is 0 Å². The number of nitrogens with one attached hydrogen (secondary N) is 3. The molecule has 0 aromatic heterocycles. The highest BCUT2D eigenvalue weighted by atomic mass is 127. The molecule has 0 saturated carbocycles. The number of benzene rings is 1. The maximum absolute atomic E-state index is 13.5. The average molecular weight is 472 g/mol. The Morgan fingerprint density at radius 2 is 1.84 bits per heavy atom. The van der Waals surface area contributed by atoms with Gasteiger partial charge in [0.25, 0.3) is 0 Å². The number of hydrogen-bond donors (Lipinski definition) is 3. The van der Waals surface area contributed by atoms with Gasteiger partial charge in [0.1, 0.15) is 6.54 Å². The summed E-state index contributed by atoms with van der Waals surface area (Å²) in [5, 5.41) is 8.22. The fraction of sp³-hybridized carbons (Fsp3) is 0.500. The first-order chi connectivity index (χ1) is 11.3. The van der Waals surface area contributed by atoms with Crippen molar-refractivity contribution in [3.05, 3.63) is 29.6 Å². The Kier molecular flexibility index (Phi) is 11.2. The van der Waals surface area contributed by atoms with E-state index in [4.69, 9.17) is 0 Å². The molecule has 0 unspecified atom stereocenters. The number of anilines is 1. The summed E-state index contributed by atoms with van der Waals surface area (Å²) in [6, 6.07) is 1.70. The monoisotopic (exact) mass is 472 g/mol. The lowest BCUT2D eigenvalue weighted by molar-refractivity contribution is -0.114. The van der Waals surface area contributed by atoms with Crippen molar-refractivity contribution in [3.8, 4) is 0 Å². The van der Waals surface area contributed by atoms with Gasteiger partial charge < -0.3 is 16.0 Å². The first kappa shape index (κ1) is 23.5. The lowest BCUT2D eigenvalue weighted by Crippen LogP contribution is -2.38. The Labute approximate surface area is 162 Å². The highest BCUT2D eigenvalue weighted by Crippen LogP contribution is 2.19. The predicted molar refractivity (Wildman–Crippen MR) is 104 cm³/mol. The van der Waals surface area contributed by atoms with Crippen LogP contribution in [0.1, 0.15) is 27.2 Å². The van der Waals surface area contributed by atoms with Crippen molar-refractivity contribution in [3.63, 3.8) is 0 Å². The van der Waals surface area contributed by atoms with E-state index in [-0.39, 0.29) is 30.5 Å². The number of rotatable bonds is 7. The highest BCUT2D eigenvalue weighted by Gasteiger charge is 2.15. The zero-order chi connectivity index (χ0) is 18.1. The number of amides is 1. The smallest absolute Gasteiger partial charge is 0.246 e. The Balaban J connectivity index is 0.00000576. The van der Waals surface area contributed by atoms with Gasteiger partial charge in [0.15, 0.2) is 23.4 Å². The molecule has 1 rings (SSSR count). The second kappa shape index (κ2) is 11.9. The summed E-state index contributed by atoms with van der Waals surface area (Å²) in [5.41, 5.74) is -0.424. The largest absolute Gasteiger partial charge is 0.357 e. The minimum atomic E-state index is -1.63. The zero-order valence-electron chi connectivity index (χ0n) is 14.5. The Morgan fingerprint density at radius 3 is 2.44 bits per heavy atom. The summed E-state index contributed by atoms with van der Waals surface area (Å²) in [5.74, 6) is -4.03. The molecule has 0 saturated heterocycles. The van der Waals surface area contributed by atoms with Gasteiger partial charge in [-0.15, -0.1) is 24.0 Å². The van der Waals surface area contributed by atoms with Crippen LogP contribution in [0.15, 0.2) is 17.1 Å². The van der Waals surface area contributed by atoms with Crippen molar-refractivity contribution in [2.75, 3.05) is 25.0 Å². The van der Waals surface area contributed by atoms with Crippen LogP contribution in [-0.2, 0) is 4.79 Å². The lowest BCUT2D eigenvalue weighted by atomic mass is 10.1. The van der Waals surface area contributed by atoms with E-state index in [1.807, 2.05) is 6.92 Å². The molecule has 5 nitrogen and oxygen atoms in total. The maximum Gasteiger partial charge on any atom is 0.246 e. The fourth-order valence-corrected chi connectivity index (χ4v) is 1.78. The van der Waals surface area contributed by atoms with Crippen LogP contribution < -0.4 is 16.0 Å². The molecule has 3 N–H and O–H groups in total. The third-order valence-corrected chi connectivity index (χ3v) is 3.05. The molecule has 0 atom stereocenters. The molecule has 0 heterocycles. The number of halogens is 4. The van der Waals surface area contributed by atoms with Crippen LogP contribution in [0.4, 0.5) is 18.9 Å². The SMILES string of the molecule is CCNC(=NCC(=O)Nc1ccc(F)c(F)c1F)NCCC(C)C.I. The van der Waals surface area contributed by atoms with Crippen molar-refractivity contribution >= 4 is 41.5 Å². The number of carbonyl (C=O) groups excluding carboxylic acids is 1. The van der Waals surface area contributed by atoms with E-state index in [1.54, 1.807) is 0 Å². The molecule has 1 amide bonds. The second-order valence-corrected chi connectivity index (χ2v) is 5.58. The normalized spacial score (nSPS) is 11.1. The van der Waals surface area contributed by atoms with Gasteiger partial charge in [0, 0.05) is 13.1 Å². The zero-order valence-corrected chi connectivity index (χ0v) is 16.8. The fourth-order valence-electron chi connectivity index (χ4n) is 1.78. The van der Waals surface area contributed by atoms with Gasteiger partial charge in [-0.2, -0.15) is 0 Å². The topological polar surface area (TPSA) is 65.5 Å². The second-order valence-electron chi connectivity index (χ2n) is 5.58. The predicted octanol–water partition coefficient (Wildman–Crippen LogP) is 3.26. The molecular formula is C16H24F3IN4O. The van der Waals surface area contributed by atoms with E-state index in [0.29, 0.717) is 25.0 Å². The highest BCUT2D eigenvalue weighted by molar-refractivity contribution is 14.0. The summed E-state index contributed by atoms with van der Waals surface area (Å²) in [7, 11) is 0. The molecule has 1 aromatic carbocycles. The van der Waals surface area contributed by atoms with Crippen LogP contribution in [0.2, 0.25) is 0 Å². The van der Waals surface area contributed by atoms with Gasteiger partial charge in [-0.05, 0) is 31.4 Å². The maximum atomic E-state index is 13.5. The number of hydrogen-bond acceptors (Lipinski definition) is 2. The molecule has 0 fully saturated rings. The number of nitrogens with zero attached hydrogens (tertiary/aromatic N) is 1. The lowest BCUT2D eigenvalue weighted by Gasteiger charge is -2.12. The molecular weight excluding hydrogens is 448 g/mol. The summed E-state index contributed by atoms with van der Waals surface area (Å²) in [6.07, 6.45) is 0.941. The van der Waals surface area contributed by atoms with Crippen LogP contribution in [-0.4, -0.2) is 31.5 Å². The summed E-state index contributed by atoms with van der Waals surface area (Å²) in [6.45, 7) is 7.10. The summed E-state index contributed by atoms with van der Waals surface area (Å²) < 4.78 is 39.5. The molecule has 0 spiro atoms. The van der Waals surface area contributed by atoms with E-state index < -0.39 is 29.0 Å². The van der Waals surface area contributed by atoms with Crippen molar-refractivity contribution < 1.29 is 18.0 Å². The van der Waals surface area contributed by atoms with Crippen molar-refractivity contribution in [2.45, 2.75) is 27.2 Å². The molecule has 9 heteroatoms. The number of carbonyl (C=O) groups is 1. The van der Waals surface area contributed by atoms with E-state index >= 15 is 0 Å². The minimum absolute atomic E-state index is 0. The Morgan fingerprint density at radius 1 is 1.16 bits per heavy atom. The van der Waals surface area contributed by atoms with Crippen molar-refractivity contribution in [1.29, 1.82) is 0 Å². The molecule has 25 heavy (non-hydrogen) atoms. The molecule has 0 radical (unpaired) electrons. The quantitative estimate of drug-likeness (QED) is 0.247. The number of aliphatic imine (C=N–C) groups is 1. The Hall–Kier alpha value is -1.52. The molecule has 142 valence electrons. The standard InChI is InChI=1S/C16H23F3N4O.HI/c1-4-20-16(21-8-7-10(2)3)22-9-13(24)23-12-6-5-11(17)14(18)15(12)19;/h5-6,10H,4,7-9H2,1-3H3,(H,23,24)(H2,20,21,22);1H. The van der Waals surface area contributed by atoms with Crippen molar-refractivity contribution in [1.82, 2.24) is 10.6 Å². The van der Waals surface area contributed by atoms with Gasteiger partial charge in [0.2, 0.25) is 5.91 Å². The van der Waals surface area contributed by atoms with Crippen LogP contribution in [0.5, 0.6) is 0 Å². The summed E-state index contributed by atoms with van der Waals surface area (Å²) >= 11 is 0. The van der Waals surface area contributed by atoms with Gasteiger partial charge >= 0.3 is 0 Å². The van der Waals surface area contributed by atoms with Crippen LogP contribution >= 0.6 is 24.0 Å². The third kappa shape index (κ3) is 8.41. The van der Waals surface area contributed by atoms with E-state index in [0.717, 1.165) is 18.6 Å². The average Bonchev–Trinajstić information content (AvgIpc) is 2.53. The number of guanidine groups is 1. The van der Waals surface area contributed by atoms with Crippen LogP contribution in [0, 0.1) is 23.4 Å². The van der Waals surface area contributed by atoms with Gasteiger partial charge in [0.05, 0.1) is 5.69 Å². The summed E-state index contributed by atoms with van der Waals surface area (Å²) in [4.78, 5) is 15.9. The molecule has 0 bridgehead atoms. The van der Waals surface area contributed by atoms with Gasteiger partial charge in [-0.1, -0.05) is 13.8 Å². The van der Waals surface area contributed by atoms with E-state index in [9.17, 15) is 18.0 Å². The van der Waals surface area contributed by atoms with Crippen LogP contribution in [0.3, 0.4) is 0 Å². The van der Waals surface area contributed by atoms with Crippen molar-refractivity contribution in [2.24, 2.45) is 10.9 Å². The molecule has 1 aromatic rings.